The summed E-state index contributed by atoms with van der Waals surface area (Å²) in [7, 11) is 1.79. The Morgan fingerprint density at radius 1 is 1.27 bits per heavy atom. The average Bonchev–Trinajstić information content (AvgIpc) is 3.48. The molecule has 6 nitrogen and oxygen atoms in total. The Kier molecular flexibility index (Phi) is 6.58. The Hall–Kier alpha value is -2.16. The normalized spacial score (nSPS) is 18.9. The van der Waals surface area contributed by atoms with Crippen molar-refractivity contribution in [3.8, 4) is 0 Å². The summed E-state index contributed by atoms with van der Waals surface area (Å²) in [6.45, 7) is 3.12. The van der Waals surface area contributed by atoms with E-state index in [9.17, 15) is 9.59 Å². The molecule has 5 rings (SSSR count). The van der Waals surface area contributed by atoms with Gasteiger partial charge in [0.15, 0.2) is 5.16 Å². The van der Waals surface area contributed by atoms with Crippen LogP contribution < -0.4 is 10.5 Å². The zero-order valence-corrected chi connectivity index (χ0v) is 20.7. The number of aryl methyl sites for hydroxylation is 2. The van der Waals surface area contributed by atoms with E-state index in [0.717, 1.165) is 54.6 Å². The van der Waals surface area contributed by atoms with Crippen LogP contribution in [0.3, 0.4) is 0 Å². The lowest BCUT2D eigenvalue weighted by Gasteiger charge is -2.22. The number of thiophene rings is 1. The van der Waals surface area contributed by atoms with Crippen LogP contribution >= 0.6 is 23.1 Å². The van der Waals surface area contributed by atoms with Crippen molar-refractivity contribution in [2.24, 2.45) is 0 Å². The molecule has 1 aliphatic carbocycles. The number of aromatic nitrogens is 2. The fourth-order valence-corrected chi connectivity index (χ4v) is 7.04. The Morgan fingerprint density at radius 3 is 2.82 bits per heavy atom. The minimum absolute atomic E-state index is 0.0188. The van der Waals surface area contributed by atoms with Crippen LogP contribution in [0.5, 0.6) is 0 Å². The summed E-state index contributed by atoms with van der Waals surface area (Å²) in [5.41, 5.74) is 2.07. The third-order valence-electron chi connectivity index (χ3n) is 6.55. The second kappa shape index (κ2) is 9.60. The molecule has 0 radical (unpaired) electrons. The van der Waals surface area contributed by atoms with Crippen LogP contribution in [-0.2, 0) is 28.9 Å². The molecule has 0 bridgehead atoms. The van der Waals surface area contributed by atoms with Crippen LogP contribution in [0.2, 0.25) is 0 Å². The first kappa shape index (κ1) is 22.6. The molecule has 0 saturated carbocycles. The second-order valence-corrected chi connectivity index (χ2v) is 11.2. The van der Waals surface area contributed by atoms with Crippen molar-refractivity contribution in [1.29, 1.82) is 0 Å². The van der Waals surface area contributed by atoms with Crippen molar-refractivity contribution in [3.63, 3.8) is 0 Å². The highest BCUT2D eigenvalue weighted by molar-refractivity contribution is 8.00. The molecule has 3 aromatic rings. The summed E-state index contributed by atoms with van der Waals surface area (Å²) in [4.78, 5) is 35.7. The average molecular weight is 484 g/mol. The first-order chi connectivity index (χ1) is 16.0. The van der Waals surface area contributed by atoms with E-state index in [1.165, 1.54) is 28.6 Å². The van der Waals surface area contributed by atoms with E-state index in [1.807, 2.05) is 37.3 Å². The molecular weight excluding hydrogens is 454 g/mol. The van der Waals surface area contributed by atoms with Crippen LogP contribution in [0.4, 0.5) is 5.69 Å². The summed E-state index contributed by atoms with van der Waals surface area (Å²) in [6.07, 6.45) is 6.26. The number of hydrogen-bond donors (Lipinski definition) is 0. The number of para-hydroxylation sites is 1. The van der Waals surface area contributed by atoms with Gasteiger partial charge in [0.05, 0.1) is 23.3 Å². The molecule has 1 amide bonds. The Morgan fingerprint density at radius 2 is 2.06 bits per heavy atom. The number of amides is 1. The Balaban J connectivity index is 1.50. The molecule has 0 N–H and O–H groups in total. The van der Waals surface area contributed by atoms with Crippen molar-refractivity contribution in [3.05, 3.63) is 51.1 Å². The van der Waals surface area contributed by atoms with Gasteiger partial charge in [-0.3, -0.25) is 14.2 Å². The van der Waals surface area contributed by atoms with Gasteiger partial charge in [-0.1, -0.05) is 30.0 Å². The predicted octanol–water partition coefficient (Wildman–Crippen LogP) is 4.66. The molecule has 1 aromatic carbocycles. The number of fused-ring (bicyclic) bond motifs is 3. The Bertz CT molecular complexity index is 1220. The van der Waals surface area contributed by atoms with Gasteiger partial charge in [-0.05, 0) is 63.1 Å². The highest BCUT2D eigenvalue weighted by Gasteiger charge is 2.27. The van der Waals surface area contributed by atoms with Gasteiger partial charge in [-0.2, -0.15) is 0 Å². The SMILES string of the molecule is CC(Sc1nc2sc3c(c2c(=O)n1CC1CCCO1)CCCC3)C(=O)N(C)c1ccccc1. The van der Waals surface area contributed by atoms with E-state index in [1.54, 1.807) is 27.9 Å². The van der Waals surface area contributed by atoms with Crippen molar-refractivity contribution >= 4 is 44.9 Å². The summed E-state index contributed by atoms with van der Waals surface area (Å²) in [5, 5.41) is 1.02. The number of ether oxygens (including phenoxy) is 1. The highest BCUT2D eigenvalue weighted by Crippen LogP contribution is 2.35. The molecule has 33 heavy (non-hydrogen) atoms. The molecule has 3 heterocycles. The number of carbonyl (C=O) groups excluding carboxylic acids is 1. The first-order valence-electron chi connectivity index (χ1n) is 11.7. The van der Waals surface area contributed by atoms with Gasteiger partial charge in [0.1, 0.15) is 4.83 Å². The molecule has 2 unspecified atom stereocenters. The molecule has 0 spiro atoms. The van der Waals surface area contributed by atoms with E-state index < -0.39 is 0 Å². The number of nitrogens with zero attached hydrogens (tertiary/aromatic N) is 3. The van der Waals surface area contributed by atoms with Crippen LogP contribution in [0, 0.1) is 0 Å². The minimum Gasteiger partial charge on any atom is -0.376 e. The van der Waals surface area contributed by atoms with Crippen LogP contribution in [-0.4, -0.2) is 40.5 Å². The van der Waals surface area contributed by atoms with Crippen LogP contribution in [0.25, 0.3) is 10.2 Å². The number of thioether (sulfide) groups is 1. The van der Waals surface area contributed by atoms with E-state index in [0.29, 0.717) is 11.7 Å². The molecule has 8 heteroatoms. The number of hydrogen-bond acceptors (Lipinski definition) is 6. The lowest BCUT2D eigenvalue weighted by atomic mass is 9.97. The zero-order chi connectivity index (χ0) is 22.9. The fourth-order valence-electron chi connectivity index (χ4n) is 4.72. The fraction of sp³-hybridized carbons (Fsp3) is 0.480. The molecule has 1 aliphatic heterocycles. The van der Waals surface area contributed by atoms with Crippen molar-refractivity contribution in [2.75, 3.05) is 18.6 Å². The van der Waals surface area contributed by atoms with Crippen molar-refractivity contribution in [2.45, 2.75) is 68.5 Å². The summed E-state index contributed by atoms with van der Waals surface area (Å²) >= 11 is 3.03. The summed E-state index contributed by atoms with van der Waals surface area (Å²) < 4.78 is 7.63. The quantitative estimate of drug-likeness (QED) is 0.377. The molecule has 2 aliphatic rings. The third-order valence-corrected chi connectivity index (χ3v) is 8.82. The standard InChI is InChI=1S/C25H29N3O3S2/c1-16(23(29)27(2)17-9-4-3-5-10-17)32-25-26-22-21(19-12-6-7-13-20(19)33-22)24(30)28(25)15-18-11-8-14-31-18/h3-5,9-10,16,18H,6-8,11-15H2,1-2H3. The maximum atomic E-state index is 13.7. The van der Waals surface area contributed by atoms with Gasteiger partial charge < -0.3 is 9.64 Å². The number of anilines is 1. The number of benzene rings is 1. The van der Waals surface area contributed by atoms with Crippen molar-refractivity contribution < 1.29 is 9.53 Å². The molecular formula is C25H29N3O3S2. The van der Waals surface area contributed by atoms with Gasteiger partial charge in [-0.25, -0.2) is 4.98 Å². The van der Waals surface area contributed by atoms with Gasteiger partial charge in [0.25, 0.3) is 5.56 Å². The zero-order valence-electron chi connectivity index (χ0n) is 19.1. The maximum Gasteiger partial charge on any atom is 0.263 e. The topological polar surface area (TPSA) is 64.4 Å². The lowest BCUT2D eigenvalue weighted by molar-refractivity contribution is -0.117. The number of rotatable bonds is 6. The van der Waals surface area contributed by atoms with Gasteiger partial charge in [0, 0.05) is 24.2 Å². The monoisotopic (exact) mass is 483 g/mol. The van der Waals surface area contributed by atoms with E-state index in [4.69, 9.17) is 9.72 Å². The largest absolute Gasteiger partial charge is 0.376 e. The molecule has 1 saturated heterocycles. The predicted molar refractivity (Wildman–Crippen MR) is 135 cm³/mol. The lowest BCUT2D eigenvalue weighted by Crippen LogP contribution is -2.34. The minimum atomic E-state index is -0.384. The second-order valence-electron chi connectivity index (χ2n) is 8.83. The van der Waals surface area contributed by atoms with Gasteiger partial charge in [-0.15, -0.1) is 11.3 Å². The first-order valence-corrected chi connectivity index (χ1v) is 13.4. The maximum absolute atomic E-state index is 13.7. The molecule has 2 aromatic heterocycles. The number of carbonyl (C=O) groups is 1. The smallest absolute Gasteiger partial charge is 0.263 e. The highest BCUT2D eigenvalue weighted by atomic mass is 32.2. The molecule has 1 fully saturated rings. The van der Waals surface area contributed by atoms with Crippen LogP contribution in [0.15, 0.2) is 40.3 Å². The van der Waals surface area contributed by atoms with Crippen molar-refractivity contribution in [1.82, 2.24) is 9.55 Å². The van der Waals surface area contributed by atoms with E-state index in [2.05, 4.69) is 0 Å². The summed E-state index contributed by atoms with van der Waals surface area (Å²) in [5.74, 6) is -0.0188. The summed E-state index contributed by atoms with van der Waals surface area (Å²) in [6, 6.07) is 9.62. The third kappa shape index (κ3) is 4.48. The van der Waals surface area contributed by atoms with E-state index >= 15 is 0 Å². The van der Waals surface area contributed by atoms with Gasteiger partial charge >= 0.3 is 0 Å². The van der Waals surface area contributed by atoms with E-state index in [-0.39, 0.29) is 22.8 Å². The van der Waals surface area contributed by atoms with Crippen LogP contribution in [0.1, 0.15) is 43.0 Å². The van der Waals surface area contributed by atoms with Gasteiger partial charge in [0.2, 0.25) is 5.91 Å². The molecule has 174 valence electrons. The Labute approximate surface area is 202 Å². The molecule has 2 atom stereocenters.